The van der Waals surface area contributed by atoms with E-state index in [1.165, 1.54) is 22.8 Å². The summed E-state index contributed by atoms with van der Waals surface area (Å²) in [4.78, 5) is 0. The van der Waals surface area contributed by atoms with Gasteiger partial charge in [0.25, 0.3) is 0 Å². The standard InChI is InChI=1S/C23H30BNO2.ClH/c1-22(2)17-13-19(22)23(3)20(14-17)26-24(27-23)21(25)12-11-16-9-6-8-15-7-4-5-10-18(15)16;/h4-10,17,19-21H,11-14,25H2,1-3H3;1H/t17-,19-,20+,21-,23-;/m0./s1. The predicted molar refractivity (Wildman–Crippen MR) is 118 cm³/mol. The lowest BCUT2D eigenvalue weighted by atomic mass is 9.43. The highest BCUT2D eigenvalue weighted by Gasteiger charge is 2.68. The second kappa shape index (κ2) is 7.02. The van der Waals surface area contributed by atoms with Crippen LogP contribution in [0, 0.1) is 17.3 Å². The van der Waals surface area contributed by atoms with E-state index in [0.29, 0.717) is 11.3 Å². The van der Waals surface area contributed by atoms with Gasteiger partial charge in [-0.15, -0.1) is 12.4 Å². The smallest absolute Gasteiger partial charge is 0.404 e. The molecule has 3 saturated carbocycles. The molecule has 1 saturated heterocycles. The summed E-state index contributed by atoms with van der Waals surface area (Å²) in [5.41, 5.74) is 8.12. The molecule has 1 aliphatic heterocycles. The number of halogens is 1. The zero-order valence-corrected chi connectivity index (χ0v) is 17.9. The Morgan fingerprint density at radius 3 is 2.64 bits per heavy atom. The normalized spacial score (nSPS) is 33.7. The first-order valence-electron chi connectivity index (χ1n) is 10.4. The Bertz CT molecular complexity index is 869. The number of hydrogen-bond acceptors (Lipinski definition) is 3. The topological polar surface area (TPSA) is 44.5 Å². The molecule has 2 aromatic carbocycles. The van der Waals surface area contributed by atoms with Crippen molar-refractivity contribution < 1.29 is 9.31 Å². The maximum Gasteiger partial charge on any atom is 0.475 e. The van der Waals surface area contributed by atoms with Crippen molar-refractivity contribution in [2.24, 2.45) is 23.0 Å². The van der Waals surface area contributed by atoms with Gasteiger partial charge in [0.2, 0.25) is 0 Å². The van der Waals surface area contributed by atoms with Gasteiger partial charge in [-0.25, -0.2) is 0 Å². The van der Waals surface area contributed by atoms with Crippen LogP contribution >= 0.6 is 12.4 Å². The molecule has 5 heteroatoms. The zero-order valence-electron chi connectivity index (χ0n) is 17.1. The number of hydrogen-bond donors (Lipinski definition) is 1. The molecule has 0 aromatic heterocycles. The Balaban J connectivity index is 0.00000192. The van der Waals surface area contributed by atoms with Gasteiger partial charge in [-0.1, -0.05) is 56.3 Å². The molecular formula is C23H31BClNO2. The molecule has 4 aliphatic rings. The number of nitrogens with two attached hydrogens (primary N) is 1. The molecule has 5 atom stereocenters. The van der Waals surface area contributed by atoms with Gasteiger partial charge >= 0.3 is 7.12 Å². The summed E-state index contributed by atoms with van der Waals surface area (Å²) in [6, 6.07) is 15.1. The molecule has 4 fully saturated rings. The van der Waals surface area contributed by atoms with E-state index in [1.54, 1.807) is 0 Å². The fourth-order valence-corrected chi connectivity index (χ4v) is 6.05. The van der Waals surface area contributed by atoms with Gasteiger partial charge in [-0.3, -0.25) is 0 Å². The molecular weight excluding hydrogens is 369 g/mol. The fourth-order valence-electron chi connectivity index (χ4n) is 6.05. The molecule has 2 bridgehead atoms. The van der Waals surface area contributed by atoms with Crippen molar-refractivity contribution in [1.29, 1.82) is 0 Å². The van der Waals surface area contributed by atoms with E-state index in [-0.39, 0.29) is 37.2 Å². The largest absolute Gasteiger partial charge is 0.475 e. The Hall–Kier alpha value is -1.07. The van der Waals surface area contributed by atoms with Crippen LogP contribution in [0.15, 0.2) is 42.5 Å². The molecule has 3 nitrogen and oxygen atoms in total. The highest BCUT2D eigenvalue weighted by Crippen LogP contribution is 2.65. The summed E-state index contributed by atoms with van der Waals surface area (Å²) in [6.07, 6.45) is 4.43. The van der Waals surface area contributed by atoms with Gasteiger partial charge < -0.3 is 15.0 Å². The third-order valence-corrected chi connectivity index (χ3v) is 7.95. The number of rotatable bonds is 4. The lowest BCUT2D eigenvalue weighted by Gasteiger charge is -2.64. The van der Waals surface area contributed by atoms with Gasteiger partial charge in [-0.05, 0) is 66.2 Å². The maximum atomic E-state index is 6.56. The van der Waals surface area contributed by atoms with E-state index in [0.717, 1.165) is 25.2 Å². The predicted octanol–water partition coefficient (Wildman–Crippen LogP) is 4.79. The molecule has 3 aliphatic carbocycles. The van der Waals surface area contributed by atoms with Gasteiger partial charge in [0.15, 0.2) is 0 Å². The lowest BCUT2D eigenvalue weighted by Crippen LogP contribution is -2.65. The van der Waals surface area contributed by atoms with E-state index in [9.17, 15) is 0 Å². The molecule has 1 heterocycles. The summed E-state index contributed by atoms with van der Waals surface area (Å²) < 4.78 is 12.9. The molecule has 150 valence electrons. The second-order valence-corrected chi connectivity index (χ2v) is 9.68. The van der Waals surface area contributed by atoms with Crippen LogP contribution in [-0.2, 0) is 15.7 Å². The van der Waals surface area contributed by atoms with Crippen molar-refractivity contribution in [3.63, 3.8) is 0 Å². The van der Waals surface area contributed by atoms with Crippen molar-refractivity contribution in [3.8, 4) is 0 Å². The van der Waals surface area contributed by atoms with Crippen LogP contribution in [0.1, 0.15) is 45.6 Å². The average Bonchev–Trinajstić information content (AvgIpc) is 3.03. The van der Waals surface area contributed by atoms with Crippen LogP contribution in [0.4, 0.5) is 0 Å². The number of fused-ring (bicyclic) bond motifs is 1. The molecule has 0 amide bonds. The van der Waals surface area contributed by atoms with Crippen LogP contribution in [-0.4, -0.2) is 24.8 Å². The van der Waals surface area contributed by atoms with Crippen LogP contribution in [0.5, 0.6) is 0 Å². The molecule has 2 N–H and O–H groups in total. The molecule has 28 heavy (non-hydrogen) atoms. The van der Waals surface area contributed by atoms with Gasteiger partial charge in [0.05, 0.1) is 11.7 Å². The minimum absolute atomic E-state index is 0. The van der Waals surface area contributed by atoms with Gasteiger partial charge in [-0.2, -0.15) is 0 Å². The highest BCUT2D eigenvalue weighted by atomic mass is 35.5. The van der Waals surface area contributed by atoms with Crippen molar-refractivity contribution in [2.75, 3.05) is 0 Å². The zero-order chi connectivity index (χ0) is 18.8. The monoisotopic (exact) mass is 399 g/mol. The minimum Gasteiger partial charge on any atom is -0.404 e. The summed E-state index contributed by atoms with van der Waals surface area (Å²) in [7, 11) is -0.273. The van der Waals surface area contributed by atoms with E-state index in [4.69, 9.17) is 15.0 Å². The van der Waals surface area contributed by atoms with Gasteiger partial charge in [0, 0.05) is 5.94 Å². The Kier molecular flexibility index (Phi) is 5.07. The number of benzene rings is 2. The quantitative estimate of drug-likeness (QED) is 0.752. The molecule has 0 unspecified atom stereocenters. The molecule has 6 rings (SSSR count). The van der Waals surface area contributed by atoms with Crippen molar-refractivity contribution in [1.82, 2.24) is 0 Å². The fraction of sp³-hybridized carbons (Fsp3) is 0.565. The first-order chi connectivity index (χ1) is 12.9. The lowest BCUT2D eigenvalue weighted by molar-refractivity contribution is -0.199. The van der Waals surface area contributed by atoms with E-state index >= 15 is 0 Å². The van der Waals surface area contributed by atoms with Crippen molar-refractivity contribution >= 4 is 30.3 Å². The van der Waals surface area contributed by atoms with Gasteiger partial charge in [0.1, 0.15) is 0 Å². The summed E-state index contributed by atoms with van der Waals surface area (Å²) in [6.45, 7) is 7.05. The Morgan fingerprint density at radius 2 is 1.86 bits per heavy atom. The van der Waals surface area contributed by atoms with Crippen LogP contribution in [0.2, 0.25) is 0 Å². The Labute approximate surface area is 174 Å². The third-order valence-electron chi connectivity index (χ3n) is 7.95. The van der Waals surface area contributed by atoms with Crippen LogP contribution < -0.4 is 5.73 Å². The van der Waals surface area contributed by atoms with Crippen molar-refractivity contribution in [3.05, 3.63) is 48.0 Å². The van der Waals surface area contributed by atoms with E-state index in [2.05, 4.69) is 63.2 Å². The van der Waals surface area contributed by atoms with Crippen molar-refractivity contribution in [2.45, 2.75) is 64.1 Å². The second-order valence-electron chi connectivity index (χ2n) is 9.68. The van der Waals surface area contributed by atoms with E-state index < -0.39 is 0 Å². The van der Waals surface area contributed by atoms with Crippen LogP contribution in [0.25, 0.3) is 10.8 Å². The first-order valence-corrected chi connectivity index (χ1v) is 10.4. The third kappa shape index (κ3) is 2.92. The molecule has 2 aromatic rings. The summed E-state index contributed by atoms with van der Waals surface area (Å²) in [5, 5.41) is 2.61. The average molecular weight is 400 g/mol. The first kappa shape index (κ1) is 20.2. The van der Waals surface area contributed by atoms with E-state index in [1.807, 2.05) is 0 Å². The molecule has 0 radical (unpaired) electrons. The highest BCUT2D eigenvalue weighted by molar-refractivity contribution is 6.47. The Morgan fingerprint density at radius 1 is 1.11 bits per heavy atom. The SMILES string of the molecule is CC1(C)[C@@H]2C[C@H]3OB([C@@H](N)CCc4cccc5ccccc45)O[C@@]3(C)[C@H]1C2.Cl. The molecule has 0 spiro atoms. The minimum atomic E-state index is -0.273. The summed E-state index contributed by atoms with van der Waals surface area (Å²) >= 11 is 0. The van der Waals surface area contributed by atoms with Crippen LogP contribution in [0.3, 0.4) is 0 Å². The maximum absolute atomic E-state index is 6.56. The summed E-state index contributed by atoms with van der Waals surface area (Å²) in [5.74, 6) is 1.27. The number of aryl methyl sites for hydroxylation is 1.